The standard InChI is InChI=1S/C29H28N2O5/c1-19-24(14-15-25(32)21-17-26(34-3)29(36-5)27(18-21)35-4)28(20-10-9-13-23(16-20)33-2)31(30-19)22-11-7-6-8-12-22/h6-18H,1-5H3. The molecule has 0 N–H and O–H groups in total. The lowest BCUT2D eigenvalue weighted by atomic mass is 10.0. The van der Waals surface area contributed by atoms with Crippen molar-refractivity contribution in [2.75, 3.05) is 28.4 Å². The van der Waals surface area contributed by atoms with Crippen LogP contribution in [-0.4, -0.2) is 44.0 Å². The van der Waals surface area contributed by atoms with Crippen molar-refractivity contribution in [3.63, 3.8) is 0 Å². The summed E-state index contributed by atoms with van der Waals surface area (Å²) in [6.07, 6.45) is 3.33. The number of rotatable bonds is 9. The number of carbonyl (C=O) groups excluding carboxylic acids is 1. The van der Waals surface area contributed by atoms with Crippen LogP contribution in [0, 0.1) is 6.92 Å². The number of methoxy groups -OCH3 is 4. The van der Waals surface area contributed by atoms with E-state index in [1.54, 1.807) is 25.3 Å². The molecular weight excluding hydrogens is 456 g/mol. The zero-order valence-electron chi connectivity index (χ0n) is 20.9. The van der Waals surface area contributed by atoms with Crippen molar-refractivity contribution in [3.05, 3.63) is 89.6 Å². The molecule has 0 unspecified atom stereocenters. The van der Waals surface area contributed by atoms with E-state index in [1.165, 1.54) is 27.4 Å². The van der Waals surface area contributed by atoms with Crippen molar-refractivity contribution < 1.29 is 23.7 Å². The molecule has 0 bridgehead atoms. The van der Waals surface area contributed by atoms with Gasteiger partial charge in [0.25, 0.3) is 0 Å². The van der Waals surface area contributed by atoms with Crippen LogP contribution in [0.4, 0.5) is 0 Å². The van der Waals surface area contributed by atoms with Crippen LogP contribution in [-0.2, 0) is 0 Å². The van der Waals surface area contributed by atoms with Crippen molar-refractivity contribution in [2.45, 2.75) is 6.92 Å². The highest BCUT2D eigenvalue weighted by Gasteiger charge is 2.19. The zero-order valence-corrected chi connectivity index (χ0v) is 20.9. The molecule has 0 amide bonds. The number of ether oxygens (including phenoxy) is 4. The molecule has 0 aliphatic carbocycles. The largest absolute Gasteiger partial charge is 0.497 e. The molecule has 0 aliphatic heterocycles. The second-order valence-corrected chi connectivity index (χ2v) is 7.94. The van der Waals surface area contributed by atoms with Gasteiger partial charge in [-0.2, -0.15) is 5.10 Å². The van der Waals surface area contributed by atoms with Crippen molar-refractivity contribution in [1.29, 1.82) is 0 Å². The topological polar surface area (TPSA) is 71.8 Å². The molecule has 0 atom stereocenters. The van der Waals surface area contributed by atoms with Gasteiger partial charge < -0.3 is 18.9 Å². The number of aryl methyl sites for hydroxylation is 1. The Bertz CT molecular complexity index is 1380. The fraction of sp³-hybridized carbons (Fsp3) is 0.172. The number of para-hydroxylation sites is 1. The van der Waals surface area contributed by atoms with Crippen molar-refractivity contribution in [3.8, 4) is 39.9 Å². The number of carbonyl (C=O) groups is 1. The maximum atomic E-state index is 13.2. The fourth-order valence-electron chi connectivity index (χ4n) is 4.02. The summed E-state index contributed by atoms with van der Waals surface area (Å²) in [7, 11) is 6.19. The van der Waals surface area contributed by atoms with Gasteiger partial charge >= 0.3 is 0 Å². The summed E-state index contributed by atoms with van der Waals surface area (Å²) in [6.45, 7) is 1.92. The molecule has 0 aliphatic rings. The monoisotopic (exact) mass is 484 g/mol. The predicted octanol–water partition coefficient (Wildman–Crippen LogP) is 5.78. The molecule has 4 rings (SSSR count). The van der Waals surface area contributed by atoms with Crippen LogP contribution in [0.15, 0.2) is 72.8 Å². The molecule has 7 heteroatoms. The highest BCUT2D eigenvalue weighted by Crippen LogP contribution is 2.38. The Balaban J connectivity index is 1.81. The molecule has 0 spiro atoms. The maximum absolute atomic E-state index is 13.2. The quantitative estimate of drug-likeness (QED) is 0.222. The molecule has 7 nitrogen and oxygen atoms in total. The van der Waals surface area contributed by atoms with Gasteiger partial charge in [0.15, 0.2) is 17.3 Å². The van der Waals surface area contributed by atoms with Crippen LogP contribution in [0.1, 0.15) is 21.6 Å². The molecule has 0 saturated heterocycles. The highest BCUT2D eigenvalue weighted by molar-refractivity contribution is 6.08. The van der Waals surface area contributed by atoms with Crippen LogP contribution in [0.2, 0.25) is 0 Å². The minimum Gasteiger partial charge on any atom is -0.497 e. The second-order valence-electron chi connectivity index (χ2n) is 7.94. The smallest absolute Gasteiger partial charge is 0.203 e. The lowest BCUT2D eigenvalue weighted by Gasteiger charge is -2.13. The Labute approximate surface area is 210 Å². The Morgan fingerprint density at radius 1 is 0.833 bits per heavy atom. The van der Waals surface area contributed by atoms with Crippen LogP contribution in [0.25, 0.3) is 23.0 Å². The van der Waals surface area contributed by atoms with Crippen LogP contribution in [0.3, 0.4) is 0 Å². The first-order valence-corrected chi connectivity index (χ1v) is 11.3. The number of hydrogen-bond acceptors (Lipinski definition) is 6. The van der Waals surface area contributed by atoms with Crippen molar-refractivity contribution in [1.82, 2.24) is 9.78 Å². The third-order valence-electron chi connectivity index (χ3n) is 5.80. The summed E-state index contributed by atoms with van der Waals surface area (Å²) < 4.78 is 23.5. The lowest BCUT2D eigenvalue weighted by molar-refractivity contribution is 0.104. The first-order valence-electron chi connectivity index (χ1n) is 11.3. The normalized spacial score (nSPS) is 10.9. The van der Waals surface area contributed by atoms with E-state index in [0.29, 0.717) is 22.8 Å². The molecule has 1 heterocycles. The molecular formula is C29H28N2O5. The van der Waals surface area contributed by atoms with Gasteiger partial charge in [0.05, 0.1) is 45.5 Å². The van der Waals surface area contributed by atoms with Gasteiger partial charge in [-0.1, -0.05) is 30.3 Å². The fourth-order valence-corrected chi connectivity index (χ4v) is 4.02. The van der Waals surface area contributed by atoms with Gasteiger partial charge in [0.2, 0.25) is 5.75 Å². The zero-order chi connectivity index (χ0) is 25.7. The maximum Gasteiger partial charge on any atom is 0.203 e. The van der Waals surface area contributed by atoms with E-state index in [4.69, 9.17) is 24.0 Å². The Morgan fingerprint density at radius 2 is 1.53 bits per heavy atom. The lowest BCUT2D eigenvalue weighted by Crippen LogP contribution is -2.01. The summed E-state index contributed by atoms with van der Waals surface area (Å²) in [5.41, 5.74) is 4.70. The van der Waals surface area contributed by atoms with Gasteiger partial charge in [0.1, 0.15) is 5.75 Å². The summed E-state index contributed by atoms with van der Waals surface area (Å²) in [5, 5.41) is 4.80. The SMILES string of the molecule is COc1cccc(-c2c(C=CC(=O)c3cc(OC)c(OC)c(OC)c3)c(C)nn2-c2ccccc2)c1. The van der Waals surface area contributed by atoms with E-state index in [1.807, 2.05) is 66.2 Å². The molecule has 4 aromatic rings. The number of hydrogen-bond donors (Lipinski definition) is 0. The van der Waals surface area contributed by atoms with Crippen molar-refractivity contribution in [2.24, 2.45) is 0 Å². The number of aromatic nitrogens is 2. The third kappa shape index (κ3) is 4.81. The molecule has 36 heavy (non-hydrogen) atoms. The predicted molar refractivity (Wildman–Crippen MR) is 140 cm³/mol. The number of ketones is 1. The van der Waals surface area contributed by atoms with E-state index >= 15 is 0 Å². The van der Waals surface area contributed by atoms with Gasteiger partial charge in [-0.05, 0) is 55.5 Å². The summed E-state index contributed by atoms with van der Waals surface area (Å²) in [4.78, 5) is 13.2. The van der Waals surface area contributed by atoms with Crippen LogP contribution < -0.4 is 18.9 Å². The summed E-state index contributed by atoms with van der Waals surface area (Å²) >= 11 is 0. The molecule has 0 fully saturated rings. The van der Waals surface area contributed by atoms with Crippen LogP contribution >= 0.6 is 0 Å². The molecule has 184 valence electrons. The van der Waals surface area contributed by atoms with Gasteiger partial charge in [-0.25, -0.2) is 4.68 Å². The first-order chi connectivity index (χ1) is 17.5. The van der Waals surface area contributed by atoms with E-state index in [0.717, 1.165) is 34.0 Å². The minimum absolute atomic E-state index is 0.210. The molecule has 0 radical (unpaired) electrons. The summed E-state index contributed by atoms with van der Waals surface area (Å²) in [6, 6.07) is 20.9. The Hall–Kier alpha value is -4.52. The van der Waals surface area contributed by atoms with Gasteiger partial charge in [0, 0.05) is 16.7 Å². The van der Waals surface area contributed by atoms with E-state index in [-0.39, 0.29) is 5.78 Å². The number of benzene rings is 3. The highest BCUT2D eigenvalue weighted by atomic mass is 16.5. The average molecular weight is 485 g/mol. The Kier molecular flexibility index (Phi) is 7.39. The van der Waals surface area contributed by atoms with Gasteiger partial charge in [-0.15, -0.1) is 0 Å². The van der Waals surface area contributed by atoms with Crippen LogP contribution in [0.5, 0.6) is 23.0 Å². The van der Waals surface area contributed by atoms with E-state index < -0.39 is 0 Å². The first kappa shape index (κ1) is 24.6. The summed E-state index contributed by atoms with van der Waals surface area (Å²) in [5.74, 6) is 1.78. The van der Waals surface area contributed by atoms with E-state index in [9.17, 15) is 4.79 Å². The van der Waals surface area contributed by atoms with Gasteiger partial charge in [-0.3, -0.25) is 4.79 Å². The minimum atomic E-state index is -0.210. The van der Waals surface area contributed by atoms with Crippen molar-refractivity contribution >= 4 is 11.9 Å². The third-order valence-corrected chi connectivity index (χ3v) is 5.80. The van der Waals surface area contributed by atoms with E-state index in [2.05, 4.69) is 0 Å². The Morgan fingerprint density at radius 3 is 2.14 bits per heavy atom. The second kappa shape index (κ2) is 10.8. The molecule has 3 aromatic carbocycles. The number of allylic oxidation sites excluding steroid dienone is 1. The number of nitrogens with zero attached hydrogens (tertiary/aromatic N) is 2. The molecule has 0 saturated carbocycles. The average Bonchev–Trinajstić information content (AvgIpc) is 3.27. The molecule has 1 aromatic heterocycles.